The second kappa shape index (κ2) is 3.27. The molecule has 72 valence electrons. The summed E-state index contributed by atoms with van der Waals surface area (Å²) >= 11 is 0. The third-order valence-corrected chi connectivity index (χ3v) is 2.12. The largest absolute Gasteiger partial charge is 0.394 e. The molecule has 0 aliphatic carbocycles. The normalized spacial score (nSPS) is 48.2. The minimum atomic E-state index is -1.46. The van der Waals surface area contributed by atoms with Crippen molar-refractivity contribution in [3.05, 3.63) is 0 Å². The highest BCUT2D eigenvalue weighted by Gasteiger charge is 2.52. The molecule has 1 aliphatic rings. The van der Waals surface area contributed by atoms with Crippen molar-refractivity contribution in [2.24, 2.45) is 0 Å². The van der Waals surface area contributed by atoms with E-state index in [9.17, 15) is 10.2 Å². The molecule has 4 atom stereocenters. The number of ether oxygens (including phenoxy) is 2. The Kier molecular flexibility index (Phi) is 2.70. The van der Waals surface area contributed by atoms with Gasteiger partial charge >= 0.3 is 0 Å². The molecule has 5 heteroatoms. The molecule has 1 aliphatic heterocycles. The monoisotopic (exact) mass is 178 g/mol. The van der Waals surface area contributed by atoms with E-state index in [1.54, 1.807) is 0 Å². The predicted molar refractivity (Wildman–Crippen MR) is 39.4 cm³/mol. The summed E-state index contributed by atoms with van der Waals surface area (Å²) in [5.41, 5.74) is -1.46. The molecule has 3 N–H and O–H groups in total. The van der Waals surface area contributed by atoms with Gasteiger partial charge in [0.15, 0.2) is 6.29 Å². The van der Waals surface area contributed by atoms with Crippen LogP contribution in [0.2, 0.25) is 0 Å². The molecule has 1 saturated heterocycles. The second-order valence-electron chi connectivity index (χ2n) is 3.10. The van der Waals surface area contributed by atoms with Crippen LogP contribution in [-0.4, -0.2) is 53.1 Å². The summed E-state index contributed by atoms with van der Waals surface area (Å²) in [7, 11) is 1.37. The Morgan fingerprint density at radius 2 is 2.17 bits per heavy atom. The maximum absolute atomic E-state index is 9.61. The summed E-state index contributed by atoms with van der Waals surface area (Å²) < 4.78 is 9.80. The minimum absolute atomic E-state index is 0.336. The van der Waals surface area contributed by atoms with E-state index < -0.39 is 24.1 Å². The molecule has 1 fully saturated rings. The van der Waals surface area contributed by atoms with Crippen molar-refractivity contribution in [1.29, 1.82) is 0 Å². The van der Waals surface area contributed by atoms with Gasteiger partial charge in [-0.1, -0.05) is 0 Å². The molecule has 5 nitrogen and oxygen atoms in total. The summed E-state index contributed by atoms with van der Waals surface area (Å²) in [5.74, 6) is 0. The molecule has 0 aromatic rings. The zero-order valence-corrected chi connectivity index (χ0v) is 7.10. The van der Waals surface area contributed by atoms with Crippen LogP contribution in [0.25, 0.3) is 0 Å². The van der Waals surface area contributed by atoms with Crippen LogP contribution in [0.3, 0.4) is 0 Å². The van der Waals surface area contributed by atoms with Crippen molar-refractivity contribution in [1.82, 2.24) is 0 Å². The first-order chi connectivity index (χ1) is 5.54. The van der Waals surface area contributed by atoms with Crippen molar-refractivity contribution in [2.45, 2.75) is 31.0 Å². The average Bonchev–Trinajstić information content (AvgIpc) is 2.25. The summed E-state index contributed by atoms with van der Waals surface area (Å²) in [4.78, 5) is 0. The van der Waals surface area contributed by atoms with Gasteiger partial charge in [-0.05, 0) is 6.92 Å². The molecular formula is C7H14O5. The molecule has 0 radical (unpaired) electrons. The topological polar surface area (TPSA) is 79.2 Å². The number of aliphatic hydroxyl groups is 3. The number of methoxy groups -OCH3 is 1. The second-order valence-corrected chi connectivity index (χ2v) is 3.10. The van der Waals surface area contributed by atoms with Crippen LogP contribution in [0.4, 0.5) is 0 Å². The summed E-state index contributed by atoms with van der Waals surface area (Å²) in [6.07, 6.45) is -2.78. The van der Waals surface area contributed by atoms with Crippen molar-refractivity contribution in [3.8, 4) is 0 Å². The standard InChI is InChI=1S/C7H14O5/c1-7(10)5(9)4(3-8)12-6(7)11-2/h4-6,8-10H,3H2,1-2H3/t4-,5-,6-,7-/m1/s1. The third-order valence-electron chi connectivity index (χ3n) is 2.12. The molecule has 0 aromatic heterocycles. The summed E-state index contributed by atoms with van der Waals surface area (Å²) in [6, 6.07) is 0. The SMILES string of the molecule is CO[C@@H]1O[C@H](CO)[C@@H](O)[C@@]1(C)O. The third kappa shape index (κ3) is 1.34. The van der Waals surface area contributed by atoms with Gasteiger partial charge in [-0.2, -0.15) is 0 Å². The maximum atomic E-state index is 9.61. The highest BCUT2D eigenvalue weighted by atomic mass is 16.7. The summed E-state index contributed by atoms with van der Waals surface area (Å²) in [5, 5.41) is 27.7. The fraction of sp³-hybridized carbons (Fsp3) is 1.00. The van der Waals surface area contributed by atoms with E-state index in [1.165, 1.54) is 14.0 Å². The highest BCUT2D eigenvalue weighted by Crippen LogP contribution is 2.30. The zero-order chi connectivity index (χ0) is 9.35. The Bertz CT molecular complexity index is 154. The van der Waals surface area contributed by atoms with Crippen LogP contribution >= 0.6 is 0 Å². The molecule has 12 heavy (non-hydrogen) atoms. The van der Waals surface area contributed by atoms with Gasteiger partial charge in [0.25, 0.3) is 0 Å². The lowest BCUT2D eigenvalue weighted by Crippen LogP contribution is -2.46. The molecule has 0 bridgehead atoms. The number of rotatable bonds is 2. The van der Waals surface area contributed by atoms with Crippen molar-refractivity contribution in [3.63, 3.8) is 0 Å². The van der Waals surface area contributed by atoms with E-state index in [1.807, 2.05) is 0 Å². The van der Waals surface area contributed by atoms with E-state index >= 15 is 0 Å². The van der Waals surface area contributed by atoms with Gasteiger partial charge in [0, 0.05) is 7.11 Å². The predicted octanol–water partition coefficient (Wildman–Crippen LogP) is -1.54. The van der Waals surface area contributed by atoms with Crippen molar-refractivity contribution in [2.75, 3.05) is 13.7 Å². The molecule has 1 heterocycles. The van der Waals surface area contributed by atoms with Crippen LogP contribution < -0.4 is 0 Å². The van der Waals surface area contributed by atoms with Crippen LogP contribution in [0.1, 0.15) is 6.92 Å². The Morgan fingerprint density at radius 1 is 1.58 bits per heavy atom. The summed E-state index contributed by atoms with van der Waals surface area (Å²) in [6.45, 7) is 1.07. The number of hydrogen-bond acceptors (Lipinski definition) is 5. The van der Waals surface area contributed by atoms with Gasteiger partial charge < -0.3 is 24.8 Å². The zero-order valence-electron chi connectivity index (χ0n) is 7.10. The quantitative estimate of drug-likeness (QED) is 0.477. The number of hydrogen-bond donors (Lipinski definition) is 3. The van der Waals surface area contributed by atoms with Crippen LogP contribution in [0.5, 0.6) is 0 Å². The van der Waals surface area contributed by atoms with Gasteiger partial charge in [-0.15, -0.1) is 0 Å². The van der Waals surface area contributed by atoms with Crippen molar-refractivity contribution >= 4 is 0 Å². The Balaban J connectivity index is 2.73. The van der Waals surface area contributed by atoms with E-state index in [0.717, 1.165) is 0 Å². The molecule has 0 amide bonds. The van der Waals surface area contributed by atoms with Crippen molar-refractivity contribution < 1.29 is 24.8 Å². The van der Waals surface area contributed by atoms with Crippen LogP contribution in [0.15, 0.2) is 0 Å². The lowest BCUT2D eigenvalue weighted by molar-refractivity contribution is -0.186. The average molecular weight is 178 g/mol. The van der Waals surface area contributed by atoms with E-state index in [-0.39, 0.29) is 6.61 Å². The fourth-order valence-electron chi connectivity index (χ4n) is 1.32. The first kappa shape index (κ1) is 9.88. The van der Waals surface area contributed by atoms with Gasteiger partial charge in [0.2, 0.25) is 0 Å². The smallest absolute Gasteiger partial charge is 0.188 e. The Morgan fingerprint density at radius 3 is 2.42 bits per heavy atom. The molecule has 0 saturated carbocycles. The van der Waals surface area contributed by atoms with Crippen LogP contribution in [-0.2, 0) is 9.47 Å². The molecule has 1 rings (SSSR count). The van der Waals surface area contributed by atoms with E-state index in [0.29, 0.717) is 0 Å². The molecule has 0 spiro atoms. The minimum Gasteiger partial charge on any atom is -0.394 e. The van der Waals surface area contributed by atoms with Gasteiger partial charge in [0.1, 0.15) is 17.8 Å². The molecule has 0 unspecified atom stereocenters. The van der Waals surface area contributed by atoms with Gasteiger partial charge in [-0.25, -0.2) is 0 Å². The van der Waals surface area contributed by atoms with Crippen LogP contribution in [0, 0.1) is 0 Å². The van der Waals surface area contributed by atoms with Gasteiger partial charge in [-0.3, -0.25) is 0 Å². The van der Waals surface area contributed by atoms with Gasteiger partial charge in [0.05, 0.1) is 6.61 Å². The Labute approximate surface area is 70.5 Å². The lowest BCUT2D eigenvalue weighted by Gasteiger charge is -2.24. The van der Waals surface area contributed by atoms with E-state index in [4.69, 9.17) is 14.6 Å². The number of aliphatic hydroxyl groups excluding tert-OH is 2. The highest BCUT2D eigenvalue weighted by molar-refractivity contribution is 4.96. The maximum Gasteiger partial charge on any atom is 0.188 e. The first-order valence-corrected chi connectivity index (χ1v) is 3.73. The Hall–Kier alpha value is -0.200. The van der Waals surface area contributed by atoms with E-state index in [2.05, 4.69) is 0 Å². The first-order valence-electron chi connectivity index (χ1n) is 3.73. The lowest BCUT2D eigenvalue weighted by atomic mass is 9.98. The fourth-order valence-corrected chi connectivity index (χ4v) is 1.32. The molecular weight excluding hydrogens is 164 g/mol. The molecule has 0 aromatic carbocycles.